The fourth-order valence-corrected chi connectivity index (χ4v) is 2.35. The summed E-state index contributed by atoms with van der Waals surface area (Å²) in [5, 5.41) is 0. The molecule has 0 N–H and O–H groups in total. The molecule has 0 heterocycles. The summed E-state index contributed by atoms with van der Waals surface area (Å²) in [5.41, 5.74) is 3.92. The van der Waals surface area contributed by atoms with E-state index in [0.29, 0.717) is 11.3 Å². The normalized spacial score (nSPS) is 10.2. The number of methoxy groups -OCH3 is 1. The van der Waals surface area contributed by atoms with Crippen LogP contribution in [0.4, 0.5) is 0 Å². The van der Waals surface area contributed by atoms with E-state index in [1.165, 1.54) is 5.56 Å². The van der Waals surface area contributed by atoms with Gasteiger partial charge in [-0.2, -0.15) is 0 Å². The predicted octanol–water partition coefficient (Wildman–Crippen LogP) is 4.89. The van der Waals surface area contributed by atoms with Crippen molar-refractivity contribution < 1.29 is 14.3 Å². The zero-order chi connectivity index (χ0) is 16.9. The van der Waals surface area contributed by atoms with Gasteiger partial charge < -0.3 is 9.47 Å². The third-order valence-corrected chi connectivity index (χ3v) is 3.78. The molecule has 3 aromatic rings. The van der Waals surface area contributed by atoms with Gasteiger partial charge in [0.1, 0.15) is 11.5 Å². The van der Waals surface area contributed by atoms with Crippen molar-refractivity contribution in [2.24, 2.45) is 0 Å². The molecule has 3 nitrogen and oxygen atoms in total. The van der Waals surface area contributed by atoms with Crippen molar-refractivity contribution in [3.05, 3.63) is 83.9 Å². The van der Waals surface area contributed by atoms with Gasteiger partial charge in [0.05, 0.1) is 12.7 Å². The second kappa shape index (κ2) is 7.01. The third-order valence-electron chi connectivity index (χ3n) is 3.78. The maximum absolute atomic E-state index is 12.2. The Morgan fingerprint density at radius 3 is 1.75 bits per heavy atom. The zero-order valence-electron chi connectivity index (χ0n) is 13.7. The minimum atomic E-state index is -0.379. The Kier molecular flexibility index (Phi) is 4.62. The molecule has 0 fully saturated rings. The van der Waals surface area contributed by atoms with E-state index in [1.54, 1.807) is 43.5 Å². The van der Waals surface area contributed by atoms with Crippen LogP contribution in [0.1, 0.15) is 15.9 Å². The molecule has 0 bridgehead atoms. The highest BCUT2D eigenvalue weighted by molar-refractivity contribution is 5.91. The van der Waals surface area contributed by atoms with E-state index in [9.17, 15) is 4.79 Å². The molecule has 0 spiro atoms. The van der Waals surface area contributed by atoms with Crippen molar-refractivity contribution in [3.8, 4) is 22.6 Å². The lowest BCUT2D eigenvalue weighted by molar-refractivity contribution is 0.0734. The molecule has 0 atom stereocenters. The molecule has 0 saturated heterocycles. The van der Waals surface area contributed by atoms with Crippen LogP contribution in [0.15, 0.2) is 72.8 Å². The third kappa shape index (κ3) is 3.63. The molecular formula is C21H18O3. The average Bonchev–Trinajstić information content (AvgIpc) is 2.63. The van der Waals surface area contributed by atoms with Gasteiger partial charge in [-0.25, -0.2) is 4.79 Å². The van der Waals surface area contributed by atoms with Crippen molar-refractivity contribution in [2.75, 3.05) is 7.11 Å². The number of rotatable bonds is 4. The maximum atomic E-state index is 12.2. The van der Waals surface area contributed by atoms with Gasteiger partial charge in [0.15, 0.2) is 0 Å². The molecule has 3 rings (SSSR count). The van der Waals surface area contributed by atoms with Crippen LogP contribution < -0.4 is 9.47 Å². The van der Waals surface area contributed by atoms with Crippen molar-refractivity contribution in [1.29, 1.82) is 0 Å². The van der Waals surface area contributed by atoms with E-state index in [2.05, 4.69) is 31.2 Å². The summed E-state index contributed by atoms with van der Waals surface area (Å²) >= 11 is 0. The Labute approximate surface area is 141 Å². The number of ether oxygens (including phenoxy) is 2. The Balaban J connectivity index is 1.72. The van der Waals surface area contributed by atoms with Gasteiger partial charge in [-0.05, 0) is 54.4 Å². The number of carbonyl (C=O) groups excluding carboxylic acids is 1. The highest BCUT2D eigenvalue weighted by Gasteiger charge is 2.09. The fraction of sp³-hybridized carbons (Fsp3) is 0.0952. The van der Waals surface area contributed by atoms with E-state index >= 15 is 0 Å². The van der Waals surface area contributed by atoms with Crippen molar-refractivity contribution in [3.63, 3.8) is 0 Å². The number of hydrogen-bond donors (Lipinski definition) is 0. The van der Waals surface area contributed by atoms with Gasteiger partial charge in [-0.1, -0.05) is 42.0 Å². The molecule has 0 amide bonds. The van der Waals surface area contributed by atoms with Gasteiger partial charge in [-0.3, -0.25) is 0 Å². The first-order chi connectivity index (χ1) is 11.7. The van der Waals surface area contributed by atoms with Gasteiger partial charge >= 0.3 is 5.97 Å². The van der Waals surface area contributed by atoms with Gasteiger partial charge in [0.25, 0.3) is 0 Å². The monoisotopic (exact) mass is 318 g/mol. The smallest absolute Gasteiger partial charge is 0.343 e. The van der Waals surface area contributed by atoms with Crippen LogP contribution in [-0.4, -0.2) is 13.1 Å². The standard InChI is InChI=1S/C21H18O3/c1-15-3-5-16(6-4-15)17-7-9-18(10-8-17)21(22)24-20-13-11-19(23-2)12-14-20/h3-14H,1-2H3. The van der Waals surface area contributed by atoms with Gasteiger partial charge in [-0.15, -0.1) is 0 Å². The highest BCUT2D eigenvalue weighted by atomic mass is 16.5. The molecule has 0 radical (unpaired) electrons. The lowest BCUT2D eigenvalue weighted by Gasteiger charge is -2.07. The second-order valence-corrected chi connectivity index (χ2v) is 5.51. The number of hydrogen-bond acceptors (Lipinski definition) is 3. The SMILES string of the molecule is COc1ccc(OC(=O)c2ccc(-c3ccc(C)cc3)cc2)cc1. The van der Waals surface area contributed by atoms with Crippen LogP contribution in [0.2, 0.25) is 0 Å². The van der Waals surface area contributed by atoms with E-state index in [4.69, 9.17) is 9.47 Å². The Morgan fingerprint density at radius 1 is 0.708 bits per heavy atom. The largest absolute Gasteiger partial charge is 0.497 e. The quantitative estimate of drug-likeness (QED) is 0.507. The maximum Gasteiger partial charge on any atom is 0.343 e. The first-order valence-corrected chi connectivity index (χ1v) is 7.69. The molecule has 0 unspecified atom stereocenters. The summed E-state index contributed by atoms with van der Waals surface area (Å²) in [5.74, 6) is 0.830. The van der Waals surface area contributed by atoms with Gasteiger partial charge in [0, 0.05) is 0 Å². The number of esters is 1. The summed E-state index contributed by atoms with van der Waals surface area (Å²) in [7, 11) is 1.59. The van der Waals surface area contributed by atoms with Crippen LogP contribution in [0, 0.1) is 6.92 Å². The van der Waals surface area contributed by atoms with Crippen LogP contribution in [0.3, 0.4) is 0 Å². The molecule has 3 heteroatoms. The van der Waals surface area contributed by atoms with E-state index in [-0.39, 0.29) is 5.97 Å². The lowest BCUT2D eigenvalue weighted by Crippen LogP contribution is -2.08. The summed E-state index contributed by atoms with van der Waals surface area (Å²) in [6.45, 7) is 2.06. The molecule has 0 aromatic heterocycles. The van der Waals surface area contributed by atoms with E-state index < -0.39 is 0 Å². The molecular weight excluding hydrogens is 300 g/mol. The summed E-state index contributed by atoms with van der Waals surface area (Å²) < 4.78 is 10.4. The first kappa shape index (κ1) is 15.8. The average molecular weight is 318 g/mol. The minimum absolute atomic E-state index is 0.379. The van der Waals surface area contributed by atoms with Crippen LogP contribution >= 0.6 is 0 Å². The van der Waals surface area contributed by atoms with E-state index in [0.717, 1.165) is 16.9 Å². The minimum Gasteiger partial charge on any atom is -0.497 e. The summed E-state index contributed by atoms with van der Waals surface area (Å²) in [4.78, 5) is 12.2. The Hall–Kier alpha value is -3.07. The van der Waals surface area contributed by atoms with E-state index in [1.807, 2.05) is 12.1 Å². The number of aryl methyl sites for hydroxylation is 1. The summed E-state index contributed by atoms with van der Waals surface area (Å²) in [6.07, 6.45) is 0. The molecule has 0 saturated carbocycles. The van der Waals surface area contributed by atoms with Crippen LogP contribution in [0.5, 0.6) is 11.5 Å². The van der Waals surface area contributed by atoms with Crippen LogP contribution in [0.25, 0.3) is 11.1 Å². The Morgan fingerprint density at radius 2 is 1.21 bits per heavy atom. The zero-order valence-corrected chi connectivity index (χ0v) is 13.7. The number of carbonyl (C=O) groups is 1. The van der Waals surface area contributed by atoms with Gasteiger partial charge in [0.2, 0.25) is 0 Å². The number of benzene rings is 3. The molecule has 3 aromatic carbocycles. The fourth-order valence-electron chi connectivity index (χ4n) is 2.35. The second-order valence-electron chi connectivity index (χ2n) is 5.51. The van der Waals surface area contributed by atoms with Crippen LogP contribution in [-0.2, 0) is 0 Å². The molecule has 24 heavy (non-hydrogen) atoms. The Bertz CT molecular complexity index is 816. The highest BCUT2D eigenvalue weighted by Crippen LogP contribution is 2.22. The van der Waals surface area contributed by atoms with Crippen molar-refractivity contribution in [1.82, 2.24) is 0 Å². The van der Waals surface area contributed by atoms with Crippen molar-refractivity contribution >= 4 is 5.97 Å². The molecule has 0 aliphatic rings. The molecule has 0 aliphatic heterocycles. The molecule has 120 valence electrons. The molecule has 0 aliphatic carbocycles. The first-order valence-electron chi connectivity index (χ1n) is 7.69. The topological polar surface area (TPSA) is 35.5 Å². The van der Waals surface area contributed by atoms with Crippen molar-refractivity contribution in [2.45, 2.75) is 6.92 Å². The lowest BCUT2D eigenvalue weighted by atomic mass is 10.0. The summed E-state index contributed by atoms with van der Waals surface area (Å²) in [6, 6.07) is 22.6. The predicted molar refractivity (Wildman–Crippen MR) is 94.6 cm³/mol.